The summed E-state index contributed by atoms with van der Waals surface area (Å²) in [6.45, 7) is 4.57. The molecule has 1 saturated carbocycles. The number of aromatic nitrogens is 2. The Bertz CT molecular complexity index is 639. The summed E-state index contributed by atoms with van der Waals surface area (Å²) in [4.78, 5) is 4.40. The largest absolute Gasteiger partial charge is 0.504 e. The highest BCUT2D eigenvalue weighted by Crippen LogP contribution is 2.42. The molecule has 0 amide bonds. The third-order valence-corrected chi connectivity index (χ3v) is 4.39. The molecule has 1 heterocycles. The normalized spacial score (nSPS) is 18.8. The van der Waals surface area contributed by atoms with Crippen LogP contribution in [0.4, 0.5) is 0 Å². The maximum atomic E-state index is 9.86. The SMILES string of the molecule is CC1(C)CCC(c2noc(-c3cccc(O)c3O)n2)CC1. The van der Waals surface area contributed by atoms with Crippen molar-refractivity contribution in [3.8, 4) is 23.0 Å². The Kier molecular flexibility index (Phi) is 3.35. The van der Waals surface area contributed by atoms with E-state index in [2.05, 4.69) is 24.0 Å². The minimum atomic E-state index is -0.225. The van der Waals surface area contributed by atoms with Crippen molar-refractivity contribution in [3.05, 3.63) is 24.0 Å². The molecule has 0 radical (unpaired) electrons. The van der Waals surface area contributed by atoms with Crippen LogP contribution in [0.3, 0.4) is 0 Å². The van der Waals surface area contributed by atoms with Crippen LogP contribution in [-0.2, 0) is 0 Å². The van der Waals surface area contributed by atoms with E-state index < -0.39 is 0 Å². The fourth-order valence-electron chi connectivity index (χ4n) is 2.87. The smallest absolute Gasteiger partial charge is 0.261 e. The maximum absolute atomic E-state index is 9.86. The summed E-state index contributed by atoms with van der Waals surface area (Å²) in [5, 5.41) is 23.5. The lowest BCUT2D eigenvalue weighted by Gasteiger charge is -2.32. The monoisotopic (exact) mass is 288 g/mol. The molecule has 2 aromatic rings. The average molecular weight is 288 g/mol. The van der Waals surface area contributed by atoms with Gasteiger partial charge in [0.1, 0.15) is 0 Å². The standard InChI is InChI=1S/C16H20N2O3/c1-16(2)8-6-10(7-9-16)14-17-15(21-18-14)11-4-3-5-12(19)13(11)20/h3-5,10,19-20H,6-9H2,1-2H3. The van der Waals surface area contributed by atoms with E-state index in [1.165, 1.54) is 6.07 Å². The molecule has 0 bridgehead atoms. The van der Waals surface area contributed by atoms with Crippen LogP contribution in [0, 0.1) is 5.41 Å². The van der Waals surface area contributed by atoms with E-state index in [0.29, 0.717) is 22.7 Å². The Morgan fingerprint density at radius 3 is 2.62 bits per heavy atom. The number of nitrogens with zero attached hydrogens (tertiary/aromatic N) is 2. The summed E-state index contributed by atoms with van der Waals surface area (Å²) >= 11 is 0. The van der Waals surface area contributed by atoms with E-state index in [-0.39, 0.29) is 17.4 Å². The van der Waals surface area contributed by atoms with Crippen LogP contribution in [0.5, 0.6) is 11.5 Å². The molecule has 0 aliphatic heterocycles. The minimum absolute atomic E-state index is 0.188. The molecule has 1 fully saturated rings. The molecule has 0 spiro atoms. The third-order valence-electron chi connectivity index (χ3n) is 4.39. The van der Waals surface area contributed by atoms with Gasteiger partial charge in [0.15, 0.2) is 17.3 Å². The van der Waals surface area contributed by atoms with E-state index in [1.54, 1.807) is 12.1 Å². The van der Waals surface area contributed by atoms with Gasteiger partial charge in [0.05, 0.1) is 5.56 Å². The predicted molar refractivity (Wildman–Crippen MR) is 78.1 cm³/mol. The Morgan fingerprint density at radius 2 is 1.90 bits per heavy atom. The summed E-state index contributed by atoms with van der Waals surface area (Å²) in [5.74, 6) is 0.852. The van der Waals surface area contributed by atoms with Gasteiger partial charge in [-0.15, -0.1) is 0 Å². The van der Waals surface area contributed by atoms with Gasteiger partial charge in [-0.05, 0) is 43.2 Å². The third kappa shape index (κ3) is 2.73. The lowest BCUT2D eigenvalue weighted by Crippen LogP contribution is -2.20. The van der Waals surface area contributed by atoms with Gasteiger partial charge in [0, 0.05) is 5.92 Å². The van der Waals surface area contributed by atoms with Gasteiger partial charge in [0.2, 0.25) is 0 Å². The topological polar surface area (TPSA) is 79.4 Å². The molecule has 5 heteroatoms. The number of para-hydroxylation sites is 1. The number of rotatable bonds is 2. The Labute approximate surface area is 123 Å². The van der Waals surface area contributed by atoms with Gasteiger partial charge >= 0.3 is 0 Å². The van der Waals surface area contributed by atoms with E-state index in [1.807, 2.05) is 0 Å². The second kappa shape index (κ2) is 5.06. The van der Waals surface area contributed by atoms with Crippen LogP contribution in [0.1, 0.15) is 51.3 Å². The number of hydrogen-bond donors (Lipinski definition) is 2. The highest BCUT2D eigenvalue weighted by Gasteiger charge is 2.30. The molecule has 1 aromatic carbocycles. The average Bonchev–Trinajstić information content (AvgIpc) is 2.91. The zero-order chi connectivity index (χ0) is 15.0. The van der Waals surface area contributed by atoms with Crippen molar-refractivity contribution >= 4 is 0 Å². The highest BCUT2D eigenvalue weighted by atomic mass is 16.5. The number of benzene rings is 1. The first-order valence-corrected chi connectivity index (χ1v) is 7.31. The molecular weight excluding hydrogens is 268 g/mol. The molecule has 5 nitrogen and oxygen atoms in total. The molecule has 0 atom stereocenters. The van der Waals surface area contributed by atoms with Crippen molar-refractivity contribution in [2.24, 2.45) is 5.41 Å². The maximum Gasteiger partial charge on any atom is 0.261 e. The summed E-state index contributed by atoms with van der Waals surface area (Å²) in [6.07, 6.45) is 4.41. The van der Waals surface area contributed by atoms with Crippen LogP contribution in [-0.4, -0.2) is 20.4 Å². The molecule has 1 aliphatic rings. The van der Waals surface area contributed by atoms with E-state index in [4.69, 9.17) is 4.52 Å². The summed E-state index contributed by atoms with van der Waals surface area (Å²) < 4.78 is 5.26. The molecule has 2 N–H and O–H groups in total. The number of hydrogen-bond acceptors (Lipinski definition) is 5. The van der Waals surface area contributed by atoms with E-state index in [0.717, 1.165) is 25.7 Å². The summed E-state index contributed by atoms with van der Waals surface area (Å²) in [7, 11) is 0. The number of phenols is 2. The predicted octanol–water partition coefficient (Wildman–Crippen LogP) is 3.83. The Morgan fingerprint density at radius 1 is 1.19 bits per heavy atom. The van der Waals surface area contributed by atoms with Crippen molar-refractivity contribution in [1.29, 1.82) is 0 Å². The second-order valence-corrected chi connectivity index (χ2v) is 6.57. The van der Waals surface area contributed by atoms with Gasteiger partial charge in [-0.25, -0.2) is 0 Å². The van der Waals surface area contributed by atoms with Crippen molar-refractivity contribution in [3.63, 3.8) is 0 Å². The quantitative estimate of drug-likeness (QED) is 0.821. The molecule has 1 aliphatic carbocycles. The molecule has 112 valence electrons. The van der Waals surface area contributed by atoms with Crippen LogP contribution in [0.2, 0.25) is 0 Å². The van der Waals surface area contributed by atoms with Crippen LogP contribution >= 0.6 is 0 Å². The first-order chi connectivity index (χ1) is 9.96. The fraction of sp³-hybridized carbons (Fsp3) is 0.500. The molecule has 1 aromatic heterocycles. The molecule has 21 heavy (non-hydrogen) atoms. The van der Waals surface area contributed by atoms with Crippen molar-refractivity contribution in [1.82, 2.24) is 10.1 Å². The molecule has 3 rings (SSSR count). The lowest BCUT2D eigenvalue weighted by atomic mass is 9.73. The highest BCUT2D eigenvalue weighted by molar-refractivity contribution is 5.66. The Balaban J connectivity index is 1.82. The van der Waals surface area contributed by atoms with Crippen LogP contribution in [0.25, 0.3) is 11.5 Å². The molecule has 0 unspecified atom stereocenters. The van der Waals surface area contributed by atoms with E-state index >= 15 is 0 Å². The minimum Gasteiger partial charge on any atom is -0.504 e. The van der Waals surface area contributed by atoms with Crippen LogP contribution < -0.4 is 0 Å². The first kappa shape index (κ1) is 13.9. The second-order valence-electron chi connectivity index (χ2n) is 6.57. The van der Waals surface area contributed by atoms with Crippen LogP contribution in [0.15, 0.2) is 22.7 Å². The molecule has 0 saturated heterocycles. The van der Waals surface area contributed by atoms with Crippen molar-refractivity contribution in [2.45, 2.75) is 45.4 Å². The van der Waals surface area contributed by atoms with E-state index in [9.17, 15) is 10.2 Å². The van der Waals surface area contributed by atoms with Gasteiger partial charge in [-0.3, -0.25) is 0 Å². The van der Waals surface area contributed by atoms with Crippen molar-refractivity contribution < 1.29 is 14.7 Å². The van der Waals surface area contributed by atoms with Crippen molar-refractivity contribution in [2.75, 3.05) is 0 Å². The fourth-order valence-corrected chi connectivity index (χ4v) is 2.87. The lowest BCUT2D eigenvalue weighted by molar-refractivity contribution is 0.218. The zero-order valence-electron chi connectivity index (χ0n) is 12.3. The summed E-state index contributed by atoms with van der Waals surface area (Å²) in [5.41, 5.74) is 0.761. The van der Waals surface area contributed by atoms with Gasteiger partial charge in [-0.2, -0.15) is 4.98 Å². The van der Waals surface area contributed by atoms with Gasteiger partial charge in [0.25, 0.3) is 5.89 Å². The Hall–Kier alpha value is -2.04. The van der Waals surface area contributed by atoms with Gasteiger partial charge in [-0.1, -0.05) is 25.1 Å². The summed E-state index contributed by atoms with van der Waals surface area (Å²) in [6, 6.07) is 4.70. The first-order valence-electron chi connectivity index (χ1n) is 7.31. The zero-order valence-corrected chi connectivity index (χ0v) is 12.3. The number of phenolic OH excluding ortho intramolecular Hbond substituents is 2. The van der Waals surface area contributed by atoms with Gasteiger partial charge < -0.3 is 14.7 Å². The number of aromatic hydroxyl groups is 2. The molecular formula is C16H20N2O3.